The standard InChI is InChI=1S/C30H40N4O7/c1-14-10-18-8-9-34-20(24(33(5)6)22(18)25(36)26(14)38-7)11-19-23(21(34)12-32-30(37)16(3)31)29-28(39-13-40-29)15(2)27(19)41-17(4)35/h10,16,20-21,24,36H,8-9,11-13,31H2,1-7H3,(H,32,37)/t16-,20?,21-,24-/m0/s1. The van der Waals surface area contributed by atoms with Gasteiger partial charge in [0.15, 0.2) is 23.0 Å². The van der Waals surface area contributed by atoms with Gasteiger partial charge >= 0.3 is 5.97 Å². The molecule has 2 aromatic rings. The summed E-state index contributed by atoms with van der Waals surface area (Å²) in [7, 11) is 5.54. The summed E-state index contributed by atoms with van der Waals surface area (Å²) in [6.45, 7) is 7.77. The molecule has 0 aliphatic carbocycles. The molecule has 11 heteroatoms. The number of benzene rings is 2. The van der Waals surface area contributed by atoms with E-state index < -0.39 is 12.0 Å². The highest BCUT2D eigenvalue weighted by atomic mass is 16.7. The van der Waals surface area contributed by atoms with Gasteiger partial charge in [-0.3, -0.25) is 14.5 Å². The highest BCUT2D eigenvalue weighted by molar-refractivity contribution is 5.81. The van der Waals surface area contributed by atoms with Crippen LogP contribution in [-0.2, 0) is 22.4 Å². The number of phenolic OH excluding ortho intramolecular Hbond substituents is 1. The van der Waals surface area contributed by atoms with Gasteiger partial charge in [0.2, 0.25) is 12.7 Å². The molecule has 11 nitrogen and oxygen atoms in total. The van der Waals surface area contributed by atoms with Gasteiger partial charge in [0, 0.05) is 48.3 Å². The Morgan fingerprint density at radius 1 is 1.22 bits per heavy atom. The van der Waals surface area contributed by atoms with Crippen LogP contribution in [0.25, 0.3) is 0 Å². The van der Waals surface area contributed by atoms with Crippen molar-refractivity contribution in [2.24, 2.45) is 5.73 Å². The number of ether oxygens (including phenoxy) is 4. The number of carbonyl (C=O) groups excluding carboxylic acids is 2. The predicted molar refractivity (Wildman–Crippen MR) is 152 cm³/mol. The summed E-state index contributed by atoms with van der Waals surface area (Å²) in [6, 6.07) is 0.648. The van der Waals surface area contributed by atoms with Crippen LogP contribution in [0, 0.1) is 13.8 Å². The van der Waals surface area contributed by atoms with Crippen molar-refractivity contribution >= 4 is 11.9 Å². The summed E-state index contributed by atoms with van der Waals surface area (Å²) in [5, 5.41) is 14.6. The molecule has 0 radical (unpaired) electrons. The van der Waals surface area contributed by atoms with Gasteiger partial charge in [0.1, 0.15) is 5.75 Å². The smallest absolute Gasteiger partial charge is 0.308 e. The Morgan fingerprint density at radius 2 is 1.93 bits per heavy atom. The first kappa shape index (κ1) is 29.0. The molecular weight excluding hydrogens is 528 g/mol. The average molecular weight is 569 g/mol. The number of hydrogen-bond donors (Lipinski definition) is 3. The lowest BCUT2D eigenvalue weighted by molar-refractivity contribution is -0.132. The third-order valence-electron chi connectivity index (χ3n) is 8.46. The number of aromatic hydroxyl groups is 1. The van der Waals surface area contributed by atoms with E-state index >= 15 is 0 Å². The number of carbonyl (C=O) groups is 2. The minimum atomic E-state index is -0.677. The number of amides is 1. The van der Waals surface area contributed by atoms with Crippen molar-refractivity contribution in [2.45, 2.75) is 64.7 Å². The molecule has 0 saturated carbocycles. The van der Waals surface area contributed by atoms with E-state index in [2.05, 4.69) is 21.2 Å². The topological polar surface area (TPSA) is 136 Å². The third kappa shape index (κ3) is 4.85. The Morgan fingerprint density at radius 3 is 2.56 bits per heavy atom. The number of esters is 1. The second-order valence-corrected chi connectivity index (χ2v) is 11.4. The van der Waals surface area contributed by atoms with Gasteiger partial charge in [-0.1, -0.05) is 6.07 Å². The Balaban J connectivity index is 1.74. The van der Waals surface area contributed by atoms with Gasteiger partial charge in [-0.05, 0) is 58.8 Å². The molecule has 3 aliphatic rings. The fourth-order valence-electron chi connectivity index (χ4n) is 6.80. The van der Waals surface area contributed by atoms with E-state index in [0.717, 1.165) is 27.8 Å². The van der Waals surface area contributed by atoms with E-state index in [0.29, 0.717) is 47.9 Å². The molecule has 4 N–H and O–H groups in total. The maximum Gasteiger partial charge on any atom is 0.308 e. The van der Waals surface area contributed by atoms with Crippen LogP contribution in [0.3, 0.4) is 0 Å². The van der Waals surface area contributed by atoms with Crippen molar-refractivity contribution in [3.63, 3.8) is 0 Å². The van der Waals surface area contributed by atoms with Gasteiger partial charge in [-0.2, -0.15) is 0 Å². The molecule has 3 aliphatic heterocycles. The lowest BCUT2D eigenvalue weighted by atomic mass is 9.80. The first-order chi connectivity index (χ1) is 19.5. The summed E-state index contributed by atoms with van der Waals surface area (Å²) in [6.07, 6.45) is 1.18. The molecule has 0 bridgehead atoms. The summed E-state index contributed by atoms with van der Waals surface area (Å²) in [4.78, 5) is 29.5. The fraction of sp³-hybridized carbons (Fsp3) is 0.533. The molecule has 3 heterocycles. The average Bonchev–Trinajstić information content (AvgIpc) is 3.33. The summed E-state index contributed by atoms with van der Waals surface area (Å²) < 4.78 is 23.4. The van der Waals surface area contributed by atoms with E-state index in [1.165, 1.54) is 6.92 Å². The molecule has 1 unspecified atom stereocenters. The Bertz CT molecular complexity index is 1390. The van der Waals surface area contributed by atoms with Crippen molar-refractivity contribution in [1.82, 2.24) is 15.1 Å². The number of likely N-dealkylation sites (N-methyl/N-ethyl adjacent to an activating group) is 1. The van der Waals surface area contributed by atoms with Crippen LogP contribution >= 0.6 is 0 Å². The van der Waals surface area contributed by atoms with E-state index in [4.69, 9.17) is 24.7 Å². The molecule has 2 aromatic carbocycles. The lowest BCUT2D eigenvalue weighted by Crippen LogP contribution is -2.53. The van der Waals surface area contributed by atoms with Crippen LogP contribution in [0.5, 0.6) is 28.7 Å². The number of rotatable bonds is 6. The van der Waals surface area contributed by atoms with E-state index in [1.54, 1.807) is 14.0 Å². The molecule has 4 atom stereocenters. The number of phenols is 1. The summed E-state index contributed by atoms with van der Waals surface area (Å²) in [5.74, 6) is 1.49. The van der Waals surface area contributed by atoms with Crippen molar-refractivity contribution in [2.75, 3.05) is 41.1 Å². The van der Waals surface area contributed by atoms with E-state index in [-0.39, 0.29) is 43.1 Å². The van der Waals surface area contributed by atoms with Gasteiger partial charge in [-0.25, -0.2) is 0 Å². The largest absolute Gasteiger partial charge is 0.504 e. The molecule has 5 rings (SSSR count). The highest BCUT2D eigenvalue weighted by Gasteiger charge is 2.47. The highest BCUT2D eigenvalue weighted by Crippen LogP contribution is 2.55. The predicted octanol–water partition coefficient (Wildman–Crippen LogP) is 2.26. The molecule has 0 spiro atoms. The van der Waals surface area contributed by atoms with Gasteiger partial charge in [0.05, 0.1) is 25.2 Å². The van der Waals surface area contributed by atoms with Gasteiger partial charge < -0.3 is 40.0 Å². The number of fused-ring (bicyclic) bond motifs is 5. The van der Waals surface area contributed by atoms with Crippen molar-refractivity contribution in [3.8, 4) is 28.7 Å². The summed E-state index contributed by atoms with van der Waals surface area (Å²) >= 11 is 0. The second kappa shape index (κ2) is 11.0. The lowest BCUT2D eigenvalue weighted by Gasteiger charge is -2.47. The number of hydrogen-bond acceptors (Lipinski definition) is 10. The normalized spacial score (nSPS) is 21.8. The molecular formula is C30H40N4O7. The minimum Gasteiger partial charge on any atom is -0.504 e. The van der Waals surface area contributed by atoms with Crippen molar-refractivity contribution < 1.29 is 33.6 Å². The zero-order valence-corrected chi connectivity index (χ0v) is 24.8. The van der Waals surface area contributed by atoms with E-state index in [9.17, 15) is 14.7 Å². The van der Waals surface area contributed by atoms with Crippen LogP contribution in [0.2, 0.25) is 0 Å². The monoisotopic (exact) mass is 568 g/mol. The number of aryl methyl sites for hydroxylation is 1. The second-order valence-electron chi connectivity index (χ2n) is 11.4. The van der Waals surface area contributed by atoms with Crippen molar-refractivity contribution in [3.05, 3.63) is 39.4 Å². The van der Waals surface area contributed by atoms with Crippen LogP contribution in [0.15, 0.2) is 6.07 Å². The molecule has 1 amide bonds. The van der Waals surface area contributed by atoms with Crippen LogP contribution in [-0.4, -0.2) is 80.0 Å². The molecule has 0 fully saturated rings. The minimum absolute atomic E-state index is 0.0488. The van der Waals surface area contributed by atoms with E-state index in [1.807, 2.05) is 27.9 Å². The van der Waals surface area contributed by atoms with Crippen molar-refractivity contribution in [1.29, 1.82) is 0 Å². The number of nitrogens with zero attached hydrogens (tertiary/aromatic N) is 2. The number of nitrogens with two attached hydrogens (primary N) is 1. The van der Waals surface area contributed by atoms with Crippen LogP contribution in [0.1, 0.15) is 59.3 Å². The Hall–Kier alpha value is -3.54. The fourth-order valence-corrected chi connectivity index (χ4v) is 6.80. The number of nitrogens with one attached hydrogen (secondary N) is 1. The molecule has 222 valence electrons. The first-order valence-electron chi connectivity index (χ1n) is 13.9. The van der Waals surface area contributed by atoms with Crippen LogP contribution < -0.4 is 30.0 Å². The van der Waals surface area contributed by atoms with Gasteiger partial charge in [0.25, 0.3) is 0 Å². The maximum absolute atomic E-state index is 12.7. The van der Waals surface area contributed by atoms with Crippen LogP contribution in [0.4, 0.5) is 0 Å². The molecule has 0 aromatic heterocycles. The zero-order chi connectivity index (χ0) is 29.7. The zero-order valence-electron chi connectivity index (χ0n) is 24.8. The molecule has 0 saturated heterocycles. The third-order valence-corrected chi connectivity index (χ3v) is 8.46. The quantitative estimate of drug-likeness (QED) is 0.352. The number of methoxy groups -OCH3 is 1. The maximum atomic E-state index is 12.7. The Kier molecular flexibility index (Phi) is 7.80. The Labute approximate surface area is 240 Å². The SMILES string of the molecule is COc1c(C)cc2c(c1O)[C@@H](N(C)C)C1Cc3c(OC(C)=O)c(C)c4c(c3[C@H](CNC(=O)[C@H](C)N)N1CC2)OCO4. The van der Waals surface area contributed by atoms with Gasteiger partial charge in [-0.15, -0.1) is 0 Å². The molecule has 41 heavy (non-hydrogen) atoms. The summed E-state index contributed by atoms with van der Waals surface area (Å²) in [5.41, 5.74) is 11.0. The first-order valence-corrected chi connectivity index (χ1v) is 13.9.